The van der Waals surface area contributed by atoms with Crippen molar-refractivity contribution in [1.82, 2.24) is 10.6 Å². The number of carbonyl (C=O) groups is 2. The second kappa shape index (κ2) is 7.24. The summed E-state index contributed by atoms with van der Waals surface area (Å²) in [6.07, 6.45) is 0. The average molecular weight is 248 g/mol. The lowest BCUT2D eigenvalue weighted by Crippen LogP contribution is -2.34. The maximum Gasteiger partial charge on any atom is 0.332 e. The highest BCUT2D eigenvalue weighted by atomic mass is 16.4. The van der Waals surface area contributed by atoms with Gasteiger partial charge in [-0.25, -0.2) is 4.79 Å². The Balaban J connectivity index is 2.19. The summed E-state index contributed by atoms with van der Waals surface area (Å²) in [5.74, 6) is -1.25. The van der Waals surface area contributed by atoms with Crippen molar-refractivity contribution in [2.24, 2.45) is 0 Å². The van der Waals surface area contributed by atoms with E-state index in [4.69, 9.17) is 5.11 Å². The van der Waals surface area contributed by atoms with E-state index in [0.29, 0.717) is 6.54 Å². The molecule has 18 heavy (non-hydrogen) atoms. The van der Waals surface area contributed by atoms with E-state index in [9.17, 15) is 9.59 Å². The molecule has 96 valence electrons. The molecule has 1 rings (SSSR count). The second-order valence-corrected chi connectivity index (χ2v) is 3.77. The quantitative estimate of drug-likeness (QED) is 0.615. The fraction of sp³-hybridized carbons (Fsp3) is 0.231. The van der Waals surface area contributed by atoms with Crippen LogP contribution >= 0.6 is 0 Å². The number of aliphatic carboxylic acids is 1. The fourth-order valence-corrected chi connectivity index (χ4v) is 1.26. The van der Waals surface area contributed by atoms with E-state index in [1.54, 1.807) is 0 Å². The summed E-state index contributed by atoms with van der Waals surface area (Å²) in [6.45, 7) is 3.97. The summed E-state index contributed by atoms with van der Waals surface area (Å²) in [5, 5.41) is 14.0. The van der Waals surface area contributed by atoms with E-state index in [1.165, 1.54) is 0 Å². The highest BCUT2D eigenvalue weighted by molar-refractivity contribution is 5.86. The molecule has 0 heterocycles. The van der Waals surface area contributed by atoms with Gasteiger partial charge in [0.25, 0.3) is 0 Å². The van der Waals surface area contributed by atoms with Crippen molar-refractivity contribution >= 4 is 11.9 Å². The Labute approximate surface area is 106 Å². The number of hydrogen-bond acceptors (Lipinski definition) is 3. The van der Waals surface area contributed by atoms with Crippen molar-refractivity contribution in [2.75, 3.05) is 13.1 Å². The molecule has 0 radical (unpaired) electrons. The summed E-state index contributed by atoms with van der Waals surface area (Å²) < 4.78 is 0. The number of carboxylic acids is 1. The molecule has 0 unspecified atom stereocenters. The molecule has 1 aromatic rings. The van der Waals surface area contributed by atoms with Gasteiger partial charge < -0.3 is 15.7 Å². The Kier molecular flexibility index (Phi) is 5.60. The molecule has 3 N–H and O–H groups in total. The number of carbonyl (C=O) groups excluding carboxylic acids is 1. The molecule has 0 fully saturated rings. The van der Waals surface area contributed by atoms with Crippen LogP contribution in [0, 0.1) is 0 Å². The molecule has 0 aliphatic carbocycles. The summed E-state index contributed by atoms with van der Waals surface area (Å²) >= 11 is 0. The maximum absolute atomic E-state index is 11.4. The SMILES string of the molecule is C=C(CNCC(=O)NCc1ccccc1)C(=O)O. The normalized spacial score (nSPS) is 9.78. The van der Waals surface area contributed by atoms with Crippen molar-refractivity contribution in [3.8, 4) is 0 Å². The van der Waals surface area contributed by atoms with Crippen LogP contribution in [0.15, 0.2) is 42.5 Å². The molecule has 0 saturated carbocycles. The molecule has 0 atom stereocenters. The van der Waals surface area contributed by atoms with Gasteiger partial charge in [0.1, 0.15) is 0 Å². The van der Waals surface area contributed by atoms with Gasteiger partial charge in [-0.15, -0.1) is 0 Å². The van der Waals surface area contributed by atoms with Crippen molar-refractivity contribution in [1.29, 1.82) is 0 Å². The third kappa shape index (κ3) is 5.27. The first-order valence-electron chi connectivity index (χ1n) is 5.52. The average Bonchev–Trinajstić information content (AvgIpc) is 2.37. The van der Waals surface area contributed by atoms with Gasteiger partial charge in [0.05, 0.1) is 6.54 Å². The topological polar surface area (TPSA) is 78.4 Å². The number of rotatable bonds is 7. The van der Waals surface area contributed by atoms with Crippen molar-refractivity contribution in [3.05, 3.63) is 48.0 Å². The van der Waals surface area contributed by atoms with Crippen LogP contribution < -0.4 is 10.6 Å². The van der Waals surface area contributed by atoms with Crippen LogP contribution in [0.2, 0.25) is 0 Å². The molecule has 0 aromatic heterocycles. The van der Waals surface area contributed by atoms with Crippen LogP contribution in [0.4, 0.5) is 0 Å². The first-order valence-corrected chi connectivity index (χ1v) is 5.52. The Morgan fingerprint density at radius 3 is 2.44 bits per heavy atom. The molecule has 5 heteroatoms. The predicted octanol–water partition coefficient (Wildman–Crippen LogP) is 0.533. The number of nitrogens with one attached hydrogen (secondary N) is 2. The zero-order valence-electron chi connectivity index (χ0n) is 9.98. The van der Waals surface area contributed by atoms with Gasteiger partial charge in [-0.05, 0) is 5.56 Å². The molecular weight excluding hydrogens is 232 g/mol. The summed E-state index contributed by atoms with van der Waals surface area (Å²) in [4.78, 5) is 21.9. The van der Waals surface area contributed by atoms with Crippen LogP contribution in [0.1, 0.15) is 5.56 Å². The van der Waals surface area contributed by atoms with E-state index in [2.05, 4.69) is 17.2 Å². The first kappa shape index (κ1) is 13.9. The van der Waals surface area contributed by atoms with E-state index < -0.39 is 5.97 Å². The minimum Gasteiger partial charge on any atom is -0.478 e. The minimum atomic E-state index is -1.06. The van der Waals surface area contributed by atoms with Crippen molar-refractivity contribution in [2.45, 2.75) is 6.54 Å². The van der Waals surface area contributed by atoms with Gasteiger partial charge in [-0.3, -0.25) is 4.79 Å². The Morgan fingerprint density at radius 2 is 1.83 bits per heavy atom. The molecular formula is C13H16N2O3. The van der Waals surface area contributed by atoms with Gasteiger partial charge >= 0.3 is 5.97 Å². The molecule has 1 aromatic carbocycles. The molecule has 0 saturated heterocycles. The lowest BCUT2D eigenvalue weighted by Gasteiger charge is -2.06. The fourth-order valence-electron chi connectivity index (χ4n) is 1.26. The number of hydrogen-bond donors (Lipinski definition) is 3. The van der Waals surface area contributed by atoms with Crippen molar-refractivity contribution < 1.29 is 14.7 Å². The lowest BCUT2D eigenvalue weighted by molar-refractivity contribution is -0.132. The summed E-state index contributed by atoms with van der Waals surface area (Å²) in [5.41, 5.74) is 1.05. The van der Waals surface area contributed by atoms with E-state index in [1.807, 2.05) is 30.3 Å². The van der Waals surface area contributed by atoms with E-state index in [0.717, 1.165) is 5.56 Å². The van der Waals surface area contributed by atoms with Gasteiger partial charge in [0, 0.05) is 18.7 Å². The van der Waals surface area contributed by atoms with Crippen LogP contribution in [0.25, 0.3) is 0 Å². The molecule has 1 amide bonds. The van der Waals surface area contributed by atoms with Crippen LogP contribution in [-0.4, -0.2) is 30.1 Å². The molecule has 0 aliphatic rings. The summed E-state index contributed by atoms with van der Waals surface area (Å²) in [6, 6.07) is 9.54. The molecule has 0 spiro atoms. The zero-order valence-corrected chi connectivity index (χ0v) is 9.98. The Morgan fingerprint density at radius 1 is 1.17 bits per heavy atom. The van der Waals surface area contributed by atoms with Gasteiger partial charge in [0.15, 0.2) is 0 Å². The molecule has 0 bridgehead atoms. The number of amides is 1. The monoisotopic (exact) mass is 248 g/mol. The largest absolute Gasteiger partial charge is 0.478 e. The van der Waals surface area contributed by atoms with Gasteiger partial charge in [-0.2, -0.15) is 0 Å². The smallest absolute Gasteiger partial charge is 0.332 e. The number of carboxylic acid groups (broad SMARTS) is 1. The molecule has 0 aliphatic heterocycles. The van der Waals surface area contributed by atoms with E-state index >= 15 is 0 Å². The summed E-state index contributed by atoms with van der Waals surface area (Å²) in [7, 11) is 0. The van der Waals surface area contributed by atoms with E-state index in [-0.39, 0.29) is 24.6 Å². The third-order valence-corrected chi connectivity index (χ3v) is 2.26. The standard InChI is InChI=1S/C13H16N2O3/c1-10(13(17)18)7-14-9-12(16)15-8-11-5-3-2-4-6-11/h2-6,14H,1,7-9H2,(H,15,16)(H,17,18). The minimum absolute atomic E-state index is 0.0332. The van der Waals surface area contributed by atoms with Gasteiger partial charge in [0.2, 0.25) is 5.91 Å². The lowest BCUT2D eigenvalue weighted by atomic mass is 10.2. The predicted molar refractivity (Wildman–Crippen MR) is 67.9 cm³/mol. The first-order chi connectivity index (χ1) is 8.59. The van der Waals surface area contributed by atoms with Crippen LogP contribution in [-0.2, 0) is 16.1 Å². The Hall–Kier alpha value is -2.14. The number of benzene rings is 1. The highest BCUT2D eigenvalue weighted by Crippen LogP contribution is 1.96. The van der Waals surface area contributed by atoms with Crippen molar-refractivity contribution in [3.63, 3.8) is 0 Å². The maximum atomic E-state index is 11.4. The van der Waals surface area contributed by atoms with Crippen LogP contribution in [0.5, 0.6) is 0 Å². The molecule has 5 nitrogen and oxygen atoms in total. The van der Waals surface area contributed by atoms with Crippen LogP contribution in [0.3, 0.4) is 0 Å². The second-order valence-electron chi connectivity index (χ2n) is 3.77. The zero-order chi connectivity index (χ0) is 13.4. The third-order valence-electron chi connectivity index (χ3n) is 2.26. The highest BCUT2D eigenvalue weighted by Gasteiger charge is 2.05. The Bertz CT molecular complexity index is 429. The van der Waals surface area contributed by atoms with Gasteiger partial charge in [-0.1, -0.05) is 36.9 Å².